The van der Waals surface area contributed by atoms with Crippen LogP contribution in [0.5, 0.6) is 5.75 Å². The van der Waals surface area contributed by atoms with Gasteiger partial charge in [-0.05, 0) is 37.5 Å². The topological polar surface area (TPSA) is 56.7 Å². The monoisotopic (exact) mass is 377 g/mol. The molecule has 1 aromatic carbocycles. The number of phenols is 1. The van der Waals surface area contributed by atoms with Crippen molar-refractivity contribution in [3.63, 3.8) is 0 Å². The number of hydrogen-bond acceptors (Lipinski definition) is 4. The number of hydrogen-bond donors (Lipinski definition) is 1. The standard InChI is InChI=1S/C20H25F2N3O2/c1-2-10-25(13-17(21)22)20(27)15-8-11-24(12-9-15)18-7-6-14-4-3-5-16(26)19(14)23-18/h3-7,15,17,26H,2,8-13H2,1H3. The Kier molecular flexibility index (Phi) is 6.08. The fourth-order valence-corrected chi connectivity index (χ4v) is 3.64. The Morgan fingerprint density at radius 1 is 1.30 bits per heavy atom. The lowest BCUT2D eigenvalue weighted by Crippen LogP contribution is -2.44. The summed E-state index contributed by atoms with van der Waals surface area (Å²) in [7, 11) is 0. The second-order valence-corrected chi connectivity index (χ2v) is 6.95. The van der Waals surface area contributed by atoms with Gasteiger partial charge in [-0.1, -0.05) is 19.1 Å². The molecular weight excluding hydrogens is 352 g/mol. The Morgan fingerprint density at radius 3 is 2.70 bits per heavy atom. The maximum atomic E-state index is 12.7. The summed E-state index contributed by atoms with van der Waals surface area (Å²) in [6.07, 6.45) is -0.608. The number of benzene rings is 1. The number of halogens is 2. The number of pyridine rings is 1. The maximum absolute atomic E-state index is 12.7. The number of carbonyl (C=O) groups excluding carboxylic acids is 1. The Hall–Kier alpha value is -2.44. The molecule has 0 bridgehead atoms. The predicted molar refractivity (Wildman–Crippen MR) is 101 cm³/mol. The summed E-state index contributed by atoms with van der Waals surface area (Å²) in [5.74, 6) is 0.510. The number of alkyl halides is 2. The molecule has 0 unspecified atom stereocenters. The number of carbonyl (C=O) groups is 1. The van der Waals surface area contributed by atoms with Gasteiger partial charge in [0.1, 0.15) is 17.1 Å². The van der Waals surface area contributed by atoms with E-state index in [1.54, 1.807) is 12.1 Å². The second-order valence-electron chi connectivity index (χ2n) is 6.95. The molecule has 0 atom stereocenters. The van der Waals surface area contributed by atoms with Gasteiger partial charge >= 0.3 is 0 Å². The molecule has 2 aromatic rings. The minimum absolute atomic E-state index is 0.140. The largest absolute Gasteiger partial charge is 0.506 e. The van der Waals surface area contributed by atoms with Crippen LogP contribution >= 0.6 is 0 Å². The third-order valence-electron chi connectivity index (χ3n) is 5.02. The molecule has 5 nitrogen and oxygen atoms in total. The summed E-state index contributed by atoms with van der Waals surface area (Å²) in [4.78, 5) is 20.5. The van der Waals surface area contributed by atoms with Gasteiger partial charge < -0.3 is 14.9 Å². The Bertz CT molecular complexity index is 792. The number of fused-ring (bicyclic) bond motifs is 1. The average molecular weight is 377 g/mol. The number of amides is 1. The molecule has 0 spiro atoms. The van der Waals surface area contributed by atoms with Crippen molar-refractivity contribution in [2.45, 2.75) is 32.6 Å². The van der Waals surface area contributed by atoms with E-state index >= 15 is 0 Å². The van der Waals surface area contributed by atoms with Gasteiger partial charge in [0.25, 0.3) is 6.43 Å². The lowest BCUT2D eigenvalue weighted by atomic mass is 9.95. The highest BCUT2D eigenvalue weighted by Crippen LogP contribution is 2.28. The van der Waals surface area contributed by atoms with Gasteiger partial charge in [-0.15, -0.1) is 0 Å². The van der Waals surface area contributed by atoms with Crippen molar-refractivity contribution in [1.29, 1.82) is 0 Å². The molecule has 0 saturated carbocycles. The van der Waals surface area contributed by atoms with Crippen molar-refractivity contribution in [3.05, 3.63) is 30.3 Å². The third kappa shape index (κ3) is 4.46. The summed E-state index contributed by atoms with van der Waals surface area (Å²) < 4.78 is 25.5. The first kappa shape index (κ1) is 19.3. The Labute approximate surface area is 157 Å². The molecule has 146 valence electrons. The second kappa shape index (κ2) is 8.50. The number of rotatable bonds is 6. The quantitative estimate of drug-likeness (QED) is 0.835. The molecule has 1 aliphatic rings. The number of para-hydroxylation sites is 1. The van der Waals surface area contributed by atoms with E-state index in [-0.39, 0.29) is 17.6 Å². The van der Waals surface area contributed by atoms with Crippen LogP contribution in [0.3, 0.4) is 0 Å². The SMILES string of the molecule is CCCN(CC(F)F)C(=O)C1CCN(c2ccc3cccc(O)c3n2)CC1. The van der Waals surface area contributed by atoms with Crippen LogP contribution in [0.1, 0.15) is 26.2 Å². The van der Waals surface area contributed by atoms with Crippen LogP contribution in [-0.2, 0) is 4.79 Å². The van der Waals surface area contributed by atoms with Gasteiger partial charge in [-0.3, -0.25) is 4.79 Å². The minimum Gasteiger partial charge on any atom is -0.506 e. The van der Waals surface area contributed by atoms with Crippen molar-refractivity contribution in [2.24, 2.45) is 5.92 Å². The van der Waals surface area contributed by atoms with Crippen LogP contribution in [-0.4, -0.2) is 53.5 Å². The van der Waals surface area contributed by atoms with E-state index in [0.29, 0.717) is 44.4 Å². The lowest BCUT2D eigenvalue weighted by molar-refractivity contribution is -0.138. The van der Waals surface area contributed by atoms with Crippen LogP contribution in [0.15, 0.2) is 30.3 Å². The zero-order chi connectivity index (χ0) is 19.4. The summed E-state index contributed by atoms with van der Waals surface area (Å²) in [5, 5.41) is 10.9. The molecule has 0 aliphatic carbocycles. The van der Waals surface area contributed by atoms with Gasteiger partial charge in [0.05, 0.1) is 6.54 Å². The number of piperidine rings is 1. The minimum atomic E-state index is -2.50. The molecule has 7 heteroatoms. The summed E-state index contributed by atoms with van der Waals surface area (Å²) in [5.41, 5.74) is 0.555. The van der Waals surface area contributed by atoms with E-state index in [4.69, 9.17) is 0 Å². The van der Waals surface area contributed by atoms with Crippen molar-refractivity contribution in [3.8, 4) is 5.75 Å². The molecule has 1 aliphatic heterocycles. The highest BCUT2D eigenvalue weighted by Gasteiger charge is 2.30. The Balaban J connectivity index is 1.66. The molecular formula is C20H25F2N3O2. The lowest BCUT2D eigenvalue weighted by Gasteiger charge is -2.34. The predicted octanol–water partition coefficient (Wildman–Crippen LogP) is 3.66. The van der Waals surface area contributed by atoms with E-state index in [1.807, 2.05) is 25.1 Å². The van der Waals surface area contributed by atoms with Gasteiger partial charge in [-0.25, -0.2) is 13.8 Å². The Morgan fingerprint density at radius 2 is 2.04 bits per heavy atom. The number of aromatic hydroxyl groups is 1. The highest BCUT2D eigenvalue weighted by atomic mass is 19.3. The van der Waals surface area contributed by atoms with Crippen molar-refractivity contribution in [2.75, 3.05) is 31.1 Å². The van der Waals surface area contributed by atoms with Crippen molar-refractivity contribution in [1.82, 2.24) is 9.88 Å². The number of anilines is 1. The van der Waals surface area contributed by atoms with E-state index in [9.17, 15) is 18.7 Å². The van der Waals surface area contributed by atoms with E-state index < -0.39 is 13.0 Å². The first-order chi connectivity index (χ1) is 13.0. The van der Waals surface area contributed by atoms with Crippen LogP contribution in [0.25, 0.3) is 10.9 Å². The van der Waals surface area contributed by atoms with Crippen LogP contribution in [0, 0.1) is 5.92 Å². The van der Waals surface area contributed by atoms with Gasteiger partial charge in [-0.2, -0.15) is 0 Å². The summed E-state index contributed by atoms with van der Waals surface area (Å²) in [6, 6.07) is 9.10. The summed E-state index contributed by atoms with van der Waals surface area (Å²) in [6.45, 7) is 3.04. The molecule has 1 amide bonds. The van der Waals surface area contributed by atoms with E-state index in [1.165, 1.54) is 4.90 Å². The van der Waals surface area contributed by atoms with E-state index in [0.717, 1.165) is 11.2 Å². The molecule has 1 fully saturated rings. The summed E-state index contributed by atoms with van der Waals surface area (Å²) >= 11 is 0. The molecule has 1 N–H and O–H groups in total. The maximum Gasteiger partial charge on any atom is 0.255 e. The number of phenolic OH excluding ortho intramolecular Hbond substituents is 1. The first-order valence-corrected chi connectivity index (χ1v) is 9.40. The van der Waals surface area contributed by atoms with Gasteiger partial charge in [0.15, 0.2) is 0 Å². The zero-order valence-corrected chi connectivity index (χ0v) is 15.4. The number of aromatic nitrogens is 1. The molecule has 2 heterocycles. The van der Waals surface area contributed by atoms with Gasteiger partial charge in [0.2, 0.25) is 5.91 Å². The van der Waals surface area contributed by atoms with Crippen LogP contribution in [0.2, 0.25) is 0 Å². The van der Waals surface area contributed by atoms with Crippen molar-refractivity contribution >= 4 is 22.6 Å². The highest BCUT2D eigenvalue weighted by molar-refractivity contribution is 5.85. The van der Waals surface area contributed by atoms with E-state index in [2.05, 4.69) is 9.88 Å². The average Bonchev–Trinajstić information content (AvgIpc) is 2.67. The van der Waals surface area contributed by atoms with Crippen molar-refractivity contribution < 1.29 is 18.7 Å². The molecule has 1 aromatic heterocycles. The fourth-order valence-electron chi connectivity index (χ4n) is 3.64. The fraction of sp³-hybridized carbons (Fsp3) is 0.500. The number of nitrogens with zero attached hydrogens (tertiary/aromatic N) is 3. The zero-order valence-electron chi connectivity index (χ0n) is 15.4. The van der Waals surface area contributed by atoms with Gasteiger partial charge in [0, 0.05) is 30.9 Å². The van der Waals surface area contributed by atoms with Crippen LogP contribution < -0.4 is 4.90 Å². The normalized spacial score (nSPS) is 15.5. The molecule has 3 rings (SSSR count). The molecule has 27 heavy (non-hydrogen) atoms. The molecule has 1 saturated heterocycles. The first-order valence-electron chi connectivity index (χ1n) is 9.40. The smallest absolute Gasteiger partial charge is 0.255 e. The van der Waals surface area contributed by atoms with Crippen LogP contribution in [0.4, 0.5) is 14.6 Å². The molecule has 0 radical (unpaired) electrons. The third-order valence-corrected chi connectivity index (χ3v) is 5.02.